The zero-order valence-corrected chi connectivity index (χ0v) is 13.1. The molecule has 3 nitrogen and oxygen atoms in total. The number of hydrogen-bond acceptors (Lipinski definition) is 2. The average molecular weight is 298 g/mol. The molecule has 3 heteroatoms. The van der Waals surface area contributed by atoms with Gasteiger partial charge in [0.25, 0.3) is 0 Å². The minimum absolute atomic E-state index is 0.206. The molecule has 0 aromatic heterocycles. The van der Waals surface area contributed by atoms with Crippen molar-refractivity contribution in [1.29, 1.82) is 0 Å². The predicted octanol–water partition coefficient (Wildman–Crippen LogP) is 4.33. The van der Waals surface area contributed by atoms with Crippen LogP contribution in [0.4, 0.5) is 0 Å². The Hall–Kier alpha value is -2.29. The maximum atomic E-state index is 10.7. The molecule has 0 fully saturated rings. The Bertz CT molecular complexity index is 647. The quantitative estimate of drug-likeness (QED) is 0.827. The summed E-state index contributed by atoms with van der Waals surface area (Å²) >= 11 is 0. The monoisotopic (exact) mass is 298 g/mol. The standard InChI is InChI=1S/C19H22O3/c1-3-14-13-16(11-12-18(14)22-2)17-9-5-4-7-15(17)8-6-10-19(20)21/h4-5,7,9,11-13H,3,6,8,10H2,1-2H3,(H,20,21). The molecule has 0 aliphatic rings. The number of carbonyl (C=O) groups is 1. The molecule has 0 saturated carbocycles. The highest BCUT2D eigenvalue weighted by Gasteiger charge is 2.08. The molecule has 22 heavy (non-hydrogen) atoms. The molecule has 0 radical (unpaired) electrons. The number of carboxylic acid groups (broad SMARTS) is 1. The van der Waals surface area contributed by atoms with Crippen molar-refractivity contribution in [3.8, 4) is 16.9 Å². The van der Waals surface area contributed by atoms with Crippen LogP contribution in [0.3, 0.4) is 0 Å². The lowest BCUT2D eigenvalue weighted by Crippen LogP contribution is -1.97. The Kier molecular flexibility index (Phi) is 5.59. The molecule has 116 valence electrons. The highest BCUT2D eigenvalue weighted by Crippen LogP contribution is 2.30. The molecule has 1 N–H and O–H groups in total. The zero-order chi connectivity index (χ0) is 15.9. The summed E-state index contributed by atoms with van der Waals surface area (Å²) < 4.78 is 5.38. The van der Waals surface area contributed by atoms with E-state index in [-0.39, 0.29) is 6.42 Å². The van der Waals surface area contributed by atoms with E-state index in [1.54, 1.807) is 7.11 Å². The van der Waals surface area contributed by atoms with Gasteiger partial charge in [-0.1, -0.05) is 37.3 Å². The number of methoxy groups -OCH3 is 1. The average Bonchev–Trinajstić information content (AvgIpc) is 2.54. The molecule has 0 aliphatic carbocycles. The van der Waals surface area contributed by atoms with Crippen molar-refractivity contribution < 1.29 is 14.6 Å². The summed E-state index contributed by atoms with van der Waals surface area (Å²) in [5.74, 6) is 0.171. The largest absolute Gasteiger partial charge is 0.496 e. The minimum Gasteiger partial charge on any atom is -0.496 e. The second kappa shape index (κ2) is 7.64. The van der Waals surface area contributed by atoms with E-state index in [2.05, 4.69) is 31.2 Å². The third-order valence-electron chi connectivity index (χ3n) is 3.83. The second-order valence-electron chi connectivity index (χ2n) is 5.28. The van der Waals surface area contributed by atoms with Crippen molar-refractivity contribution in [2.45, 2.75) is 32.6 Å². The Morgan fingerprint density at radius 1 is 1.14 bits per heavy atom. The van der Waals surface area contributed by atoms with Crippen molar-refractivity contribution >= 4 is 5.97 Å². The summed E-state index contributed by atoms with van der Waals surface area (Å²) in [6, 6.07) is 14.4. The molecule has 0 amide bonds. The molecule has 0 atom stereocenters. The van der Waals surface area contributed by atoms with Crippen molar-refractivity contribution in [1.82, 2.24) is 0 Å². The van der Waals surface area contributed by atoms with Crippen molar-refractivity contribution in [3.05, 3.63) is 53.6 Å². The third kappa shape index (κ3) is 3.88. The maximum Gasteiger partial charge on any atom is 0.303 e. The first-order valence-electron chi connectivity index (χ1n) is 7.62. The topological polar surface area (TPSA) is 46.5 Å². The first kappa shape index (κ1) is 16.1. The normalized spacial score (nSPS) is 10.5. The molecule has 0 bridgehead atoms. The van der Waals surface area contributed by atoms with E-state index in [1.807, 2.05) is 18.2 Å². The summed E-state index contributed by atoms with van der Waals surface area (Å²) in [5.41, 5.74) is 4.70. The Balaban J connectivity index is 2.30. The van der Waals surface area contributed by atoms with E-state index in [0.29, 0.717) is 6.42 Å². The van der Waals surface area contributed by atoms with Crippen LogP contribution in [0, 0.1) is 0 Å². The maximum absolute atomic E-state index is 10.7. The fourth-order valence-electron chi connectivity index (χ4n) is 2.67. The smallest absolute Gasteiger partial charge is 0.303 e. The van der Waals surface area contributed by atoms with Crippen LogP contribution in [0.1, 0.15) is 30.9 Å². The van der Waals surface area contributed by atoms with Gasteiger partial charge in [0.2, 0.25) is 0 Å². The van der Waals surface area contributed by atoms with E-state index in [0.717, 1.165) is 24.2 Å². The first-order valence-corrected chi connectivity index (χ1v) is 7.62. The Morgan fingerprint density at radius 2 is 1.91 bits per heavy atom. The van der Waals surface area contributed by atoms with Gasteiger partial charge in [-0.05, 0) is 53.6 Å². The number of benzene rings is 2. The molecule has 2 aromatic rings. The van der Waals surface area contributed by atoms with Crippen molar-refractivity contribution in [3.63, 3.8) is 0 Å². The molecular weight excluding hydrogens is 276 g/mol. The molecule has 2 aromatic carbocycles. The van der Waals surface area contributed by atoms with E-state index >= 15 is 0 Å². The summed E-state index contributed by atoms with van der Waals surface area (Å²) in [6.07, 6.45) is 2.55. The lowest BCUT2D eigenvalue weighted by molar-refractivity contribution is -0.137. The fraction of sp³-hybridized carbons (Fsp3) is 0.316. The number of ether oxygens (including phenoxy) is 1. The van der Waals surface area contributed by atoms with Gasteiger partial charge >= 0.3 is 5.97 Å². The van der Waals surface area contributed by atoms with Crippen LogP contribution in [0.5, 0.6) is 5.75 Å². The molecule has 0 saturated heterocycles. The third-order valence-corrected chi connectivity index (χ3v) is 3.83. The number of rotatable bonds is 7. The summed E-state index contributed by atoms with van der Waals surface area (Å²) in [5, 5.41) is 8.79. The minimum atomic E-state index is -0.741. The van der Waals surface area contributed by atoms with Gasteiger partial charge in [0.1, 0.15) is 5.75 Å². The van der Waals surface area contributed by atoms with Crippen LogP contribution in [-0.2, 0) is 17.6 Å². The Morgan fingerprint density at radius 3 is 2.59 bits per heavy atom. The van der Waals surface area contributed by atoms with Gasteiger partial charge in [0, 0.05) is 6.42 Å². The van der Waals surface area contributed by atoms with Crippen LogP contribution in [0.15, 0.2) is 42.5 Å². The van der Waals surface area contributed by atoms with Gasteiger partial charge in [-0.2, -0.15) is 0 Å². The van der Waals surface area contributed by atoms with E-state index in [9.17, 15) is 4.79 Å². The summed E-state index contributed by atoms with van der Waals surface area (Å²) in [7, 11) is 1.69. The number of carboxylic acids is 1. The van der Waals surface area contributed by atoms with Gasteiger partial charge in [0.05, 0.1) is 7.11 Å². The molecule has 0 aliphatic heterocycles. The number of aryl methyl sites for hydroxylation is 2. The molecule has 0 spiro atoms. The van der Waals surface area contributed by atoms with E-state index < -0.39 is 5.97 Å². The van der Waals surface area contributed by atoms with Crippen LogP contribution >= 0.6 is 0 Å². The SMILES string of the molecule is CCc1cc(-c2ccccc2CCCC(=O)O)ccc1OC. The lowest BCUT2D eigenvalue weighted by atomic mass is 9.94. The van der Waals surface area contributed by atoms with Crippen LogP contribution in [0.2, 0.25) is 0 Å². The van der Waals surface area contributed by atoms with Crippen molar-refractivity contribution in [2.24, 2.45) is 0 Å². The Labute approximate surface area is 131 Å². The van der Waals surface area contributed by atoms with Gasteiger partial charge in [-0.3, -0.25) is 4.79 Å². The van der Waals surface area contributed by atoms with Crippen LogP contribution < -0.4 is 4.74 Å². The summed E-state index contributed by atoms with van der Waals surface area (Å²) in [6.45, 7) is 2.11. The van der Waals surface area contributed by atoms with Crippen molar-refractivity contribution in [2.75, 3.05) is 7.11 Å². The van der Waals surface area contributed by atoms with Crippen LogP contribution in [-0.4, -0.2) is 18.2 Å². The molecule has 0 heterocycles. The number of hydrogen-bond donors (Lipinski definition) is 1. The highest BCUT2D eigenvalue weighted by atomic mass is 16.5. The van der Waals surface area contributed by atoms with Gasteiger partial charge in [0.15, 0.2) is 0 Å². The predicted molar refractivity (Wildman–Crippen MR) is 88.4 cm³/mol. The highest BCUT2D eigenvalue weighted by molar-refractivity contribution is 5.70. The van der Waals surface area contributed by atoms with E-state index in [1.165, 1.54) is 16.7 Å². The lowest BCUT2D eigenvalue weighted by Gasteiger charge is -2.13. The van der Waals surface area contributed by atoms with Gasteiger partial charge < -0.3 is 9.84 Å². The van der Waals surface area contributed by atoms with E-state index in [4.69, 9.17) is 9.84 Å². The molecule has 2 rings (SSSR count). The first-order chi connectivity index (χ1) is 10.7. The number of aliphatic carboxylic acids is 1. The second-order valence-corrected chi connectivity index (χ2v) is 5.28. The van der Waals surface area contributed by atoms with Gasteiger partial charge in [-0.25, -0.2) is 0 Å². The summed E-state index contributed by atoms with van der Waals surface area (Å²) in [4.78, 5) is 10.7. The molecular formula is C19H22O3. The fourth-order valence-corrected chi connectivity index (χ4v) is 2.67. The van der Waals surface area contributed by atoms with Gasteiger partial charge in [-0.15, -0.1) is 0 Å². The van der Waals surface area contributed by atoms with Crippen LogP contribution in [0.25, 0.3) is 11.1 Å². The molecule has 0 unspecified atom stereocenters. The zero-order valence-electron chi connectivity index (χ0n) is 13.1.